The molecule has 0 amide bonds. The Morgan fingerprint density at radius 1 is 0.431 bits per heavy atom. The minimum Gasteiger partial charge on any atom is -0.493 e. The van der Waals surface area contributed by atoms with E-state index in [1.54, 1.807) is 24.3 Å². The Labute approximate surface area is 344 Å². The number of nitro benzene ring substituents is 2. The molecule has 0 aliphatic heterocycles. The molecule has 0 saturated heterocycles. The first-order valence-electron chi connectivity index (χ1n) is 20.9. The summed E-state index contributed by atoms with van der Waals surface area (Å²) in [7, 11) is 0. The van der Waals surface area contributed by atoms with Gasteiger partial charge in [0, 0.05) is 72.2 Å². The van der Waals surface area contributed by atoms with Gasteiger partial charge in [-0.15, -0.1) is 0 Å². The zero-order chi connectivity index (χ0) is 42.4. The molecule has 0 spiro atoms. The fraction of sp³-hybridized carbons (Fsp3) is 0.500. The van der Waals surface area contributed by atoms with Crippen LogP contribution in [0.1, 0.15) is 151 Å². The molecule has 5 rings (SSSR count). The summed E-state index contributed by atoms with van der Waals surface area (Å²) in [6.45, 7) is 22.8. The molecule has 0 radical (unpaired) electrons. The van der Waals surface area contributed by atoms with Crippen molar-refractivity contribution < 1.29 is 28.8 Å². The first kappa shape index (κ1) is 44.0. The van der Waals surface area contributed by atoms with Crippen molar-refractivity contribution >= 4 is 11.4 Å². The van der Waals surface area contributed by atoms with Crippen molar-refractivity contribution in [3.05, 3.63) is 124 Å². The van der Waals surface area contributed by atoms with Gasteiger partial charge >= 0.3 is 0 Å². The van der Waals surface area contributed by atoms with Gasteiger partial charge in [0.15, 0.2) is 0 Å². The van der Waals surface area contributed by atoms with Crippen LogP contribution in [0.3, 0.4) is 0 Å². The Hall–Kier alpha value is -5.12. The molecule has 4 aromatic carbocycles. The van der Waals surface area contributed by atoms with Gasteiger partial charge in [0.2, 0.25) is 0 Å². The molecular weight excluding hydrogens is 733 g/mol. The van der Waals surface area contributed by atoms with Crippen LogP contribution in [0.5, 0.6) is 23.0 Å². The van der Waals surface area contributed by atoms with E-state index in [0.717, 1.165) is 59.1 Å². The number of non-ortho nitro benzene ring substituents is 2. The molecule has 0 N–H and O–H groups in total. The molecule has 0 atom stereocenters. The van der Waals surface area contributed by atoms with Crippen molar-refractivity contribution in [2.75, 3.05) is 26.4 Å². The topological polar surface area (TPSA) is 123 Å². The Bertz CT molecular complexity index is 1880. The van der Waals surface area contributed by atoms with E-state index >= 15 is 0 Å². The SMILES string of the molecule is CCCOc1c2cc([N+](=O)[O-])cc1Cc1cc(C(C)(C)C)cc(c1OCCC)Cc1cc([N+](=O)[O-])cc(c1OCCC)Cc1cc(C(C)(C)C)cc(c1OCCC)C2. The van der Waals surface area contributed by atoms with E-state index in [9.17, 15) is 20.2 Å². The standard InChI is InChI=1S/C48H62N2O8/c1-11-15-55-43-31-19-35-27-41(49(51)52)29-37(45(35)57-17-13-3)21-33-25-40(48(8,9)10)26-34(44(33)56-16-12-2)22-38-30-42(50(53)54)28-36(46(38)58-18-14-4)20-32(43)24-39(23-31)47(5,6)7/h23-30H,11-22H2,1-10H3. The van der Waals surface area contributed by atoms with Gasteiger partial charge in [0.05, 0.1) is 36.3 Å². The first-order chi connectivity index (χ1) is 27.5. The number of nitro groups is 2. The fourth-order valence-electron chi connectivity index (χ4n) is 7.49. The number of ether oxygens (including phenoxy) is 4. The normalized spacial score (nSPS) is 12.9. The molecular formula is C48H62N2O8. The summed E-state index contributed by atoms with van der Waals surface area (Å²) in [5, 5.41) is 25.4. The maximum absolute atomic E-state index is 12.7. The molecule has 0 saturated carbocycles. The van der Waals surface area contributed by atoms with Gasteiger partial charge in [-0.3, -0.25) is 20.2 Å². The Kier molecular flexibility index (Phi) is 14.1. The van der Waals surface area contributed by atoms with E-state index in [0.29, 0.717) is 97.4 Å². The predicted molar refractivity (Wildman–Crippen MR) is 231 cm³/mol. The zero-order valence-electron chi connectivity index (χ0n) is 36.3. The highest BCUT2D eigenvalue weighted by Crippen LogP contribution is 2.44. The van der Waals surface area contributed by atoms with Crippen molar-refractivity contribution in [3.8, 4) is 23.0 Å². The van der Waals surface area contributed by atoms with Gasteiger partial charge < -0.3 is 18.9 Å². The van der Waals surface area contributed by atoms with Crippen LogP contribution in [0.15, 0.2) is 48.5 Å². The van der Waals surface area contributed by atoms with E-state index in [1.165, 1.54) is 0 Å². The quantitative estimate of drug-likeness (QED) is 0.0804. The fourth-order valence-corrected chi connectivity index (χ4v) is 7.49. The van der Waals surface area contributed by atoms with Gasteiger partial charge in [-0.25, -0.2) is 0 Å². The summed E-state index contributed by atoms with van der Waals surface area (Å²) in [5.74, 6) is 2.59. The lowest BCUT2D eigenvalue weighted by molar-refractivity contribution is -0.385. The monoisotopic (exact) mass is 794 g/mol. The number of hydrogen-bond acceptors (Lipinski definition) is 8. The molecule has 0 unspecified atom stereocenters. The predicted octanol–water partition coefficient (Wildman–Crippen LogP) is 11.9. The highest BCUT2D eigenvalue weighted by atomic mass is 16.6. The van der Waals surface area contributed by atoms with Crippen LogP contribution in [-0.4, -0.2) is 36.3 Å². The highest BCUT2D eigenvalue weighted by Gasteiger charge is 2.29. The molecule has 4 aromatic rings. The summed E-state index contributed by atoms with van der Waals surface area (Å²) in [6.07, 6.45) is 4.23. The first-order valence-corrected chi connectivity index (χ1v) is 20.9. The molecule has 10 heteroatoms. The average molecular weight is 795 g/mol. The molecule has 58 heavy (non-hydrogen) atoms. The lowest BCUT2D eigenvalue weighted by Gasteiger charge is -2.27. The third-order valence-electron chi connectivity index (χ3n) is 10.4. The minimum atomic E-state index is -0.330. The van der Waals surface area contributed by atoms with Crippen molar-refractivity contribution in [3.63, 3.8) is 0 Å². The Morgan fingerprint density at radius 2 is 0.638 bits per heavy atom. The summed E-state index contributed by atoms with van der Waals surface area (Å²) < 4.78 is 26.5. The zero-order valence-corrected chi connectivity index (χ0v) is 36.3. The van der Waals surface area contributed by atoms with Crippen molar-refractivity contribution in [2.45, 2.75) is 131 Å². The van der Waals surface area contributed by atoms with Crippen LogP contribution < -0.4 is 18.9 Å². The van der Waals surface area contributed by atoms with Crippen LogP contribution in [0, 0.1) is 20.2 Å². The molecule has 1 aliphatic carbocycles. The number of hydrogen-bond donors (Lipinski definition) is 0. The van der Waals surface area contributed by atoms with Gasteiger partial charge in [0.25, 0.3) is 11.4 Å². The summed E-state index contributed by atoms with van der Waals surface area (Å²) in [4.78, 5) is 24.7. The lowest BCUT2D eigenvalue weighted by Crippen LogP contribution is -2.16. The Morgan fingerprint density at radius 3 is 0.810 bits per heavy atom. The number of fused-ring (bicyclic) bond motifs is 8. The average Bonchev–Trinajstić information content (AvgIpc) is 3.15. The van der Waals surface area contributed by atoms with E-state index < -0.39 is 0 Å². The number of benzene rings is 4. The Balaban J connectivity index is 1.99. The number of nitrogens with zero attached hydrogens (tertiary/aromatic N) is 2. The maximum Gasteiger partial charge on any atom is 0.270 e. The van der Waals surface area contributed by atoms with Crippen LogP contribution in [0.2, 0.25) is 0 Å². The van der Waals surface area contributed by atoms with E-state index in [-0.39, 0.29) is 32.1 Å². The maximum atomic E-state index is 12.7. The molecule has 1 aliphatic rings. The molecule has 10 nitrogen and oxygen atoms in total. The second kappa shape index (κ2) is 18.6. The summed E-state index contributed by atoms with van der Waals surface area (Å²) in [6, 6.07) is 15.1. The lowest BCUT2D eigenvalue weighted by atomic mass is 9.81. The second-order valence-corrected chi connectivity index (χ2v) is 17.5. The van der Waals surface area contributed by atoms with Crippen LogP contribution in [-0.2, 0) is 36.5 Å². The van der Waals surface area contributed by atoms with E-state index in [1.807, 2.05) is 27.7 Å². The molecule has 0 heterocycles. The van der Waals surface area contributed by atoms with Gasteiger partial charge in [-0.2, -0.15) is 0 Å². The summed E-state index contributed by atoms with van der Waals surface area (Å²) >= 11 is 0. The molecule has 0 aromatic heterocycles. The van der Waals surface area contributed by atoms with Crippen LogP contribution in [0.25, 0.3) is 0 Å². The summed E-state index contributed by atoms with van der Waals surface area (Å²) in [5.41, 5.74) is 7.73. The molecule has 8 bridgehead atoms. The van der Waals surface area contributed by atoms with Gasteiger partial charge in [-0.05, 0) is 69.9 Å². The molecule has 312 valence electrons. The second-order valence-electron chi connectivity index (χ2n) is 17.5. The van der Waals surface area contributed by atoms with Crippen LogP contribution >= 0.6 is 0 Å². The van der Waals surface area contributed by atoms with E-state index in [4.69, 9.17) is 18.9 Å². The smallest absolute Gasteiger partial charge is 0.270 e. The van der Waals surface area contributed by atoms with Crippen molar-refractivity contribution in [1.29, 1.82) is 0 Å². The number of rotatable bonds is 14. The largest absolute Gasteiger partial charge is 0.493 e. The third kappa shape index (κ3) is 10.3. The third-order valence-corrected chi connectivity index (χ3v) is 10.4. The van der Waals surface area contributed by atoms with Crippen molar-refractivity contribution in [2.24, 2.45) is 0 Å². The minimum absolute atomic E-state index is 0.0126. The molecule has 0 fully saturated rings. The van der Waals surface area contributed by atoms with Crippen molar-refractivity contribution in [1.82, 2.24) is 0 Å². The van der Waals surface area contributed by atoms with Crippen LogP contribution in [0.4, 0.5) is 11.4 Å². The van der Waals surface area contributed by atoms with E-state index in [2.05, 4.69) is 65.8 Å². The highest BCUT2D eigenvalue weighted by molar-refractivity contribution is 5.61. The van der Waals surface area contributed by atoms with Gasteiger partial charge in [0.1, 0.15) is 23.0 Å². The van der Waals surface area contributed by atoms with Gasteiger partial charge in [-0.1, -0.05) is 93.5 Å².